The first kappa shape index (κ1) is 23.9. The van der Waals surface area contributed by atoms with Gasteiger partial charge in [-0.3, -0.25) is 4.79 Å². The van der Waals surface area contributed by atoms with Gasteiger partial charge in [0.15, 0.2) is 5.82 Å². The molecular weight excluding hydrogens is 440 g/mol. The van der Waals surface area contributed by atoms with Gasteiger partial charge in [0.05, 0.1) is 4.90 Å². The molecule has 1 saturated carbocycles. The van der Waals surface area contributed by atoms with Gasteiger partial charge in [0.2, 0.25) is 21.8 Å². The average molecular weight is 475 g/mol. The molecule has 2 fully saturated rings. The van der Waals surface area contributed by atoms with Gasteiger partial charge in [0, 0.05) is 44.9 Å². The Morgan fingerprint density at radius 2 is 1.73 bits per heavy atom. The molecule has 0 spiro atoms. The molecule has 1 aromatic carbocycles. The number of hydrogen-bond acceptors (Lipinski definition) is 6. The number of nitrogens with zero attached hydrogens (tertiary/aromatic N) is 4. The van der Waals surface area contributed by atoms with Crippen LogP contribution in [0.1, 0.15) is 81.5 Å². The summed E-state index contributed by atoms with van der Waals surface area (Å²) in [7, 11) is -3.56. The number of carbonyl (C=O) groups excluding carboxylic acids is 1. The largest absolute Gasteiger partial charge is 0.340 e. The van der Waals surface area contributed by atoms with E-state index in [9.17, 15) is 13.2 Å². The highest BCUT2D eigenvalue weighted by molar-refractivity contribution is 7.89. The van der Waals surface area contributed by atoms with E-state index in [2.05, 4.69) is 10.1 Å². The number of amides is 1. The number of sulfonamides is 1. The molecule has 2 aromatic rings. The van der Waals surface area contributed by atoms with E-state index in [-0.39, 0.29) is 18.2 Å². The smallest absolute Gasteiger partial charge is 0.243 e. The molecule has 0 N–H and O–H groups in total. The topological polar surface area (TPSA) is 96.6 Å². The minimum Gasteiger partial charge on any atom is -0.340 e. The fraction of sp³-hybridized carbons (Fsp3) is 0.625. The second-order valence-electron chi connectivity index (χ2n) is 9.39. The van der Waals surface area contributed by atoms with Crippen LogP contribution in [0.4, 0.5) is 0 Å². The van der Waals surface area contributed by atoms with Gasteiger partial charge in [0.1, 0.15) is 0 Å². The second-order valence-corrected chi connectivity index (χ2v) is 11.3. The van der Waals surface area contributed by atoms with Crippen molar-refractivity contribution in [3.8, 4) is 0 Å². The van der Waals surface area contributed by atoms with Crippen LogP contribution in [-0.4, -0.2) is 59.8 Å². The highest BCUT2D eigenvalue weighted by atomic mass is 32.2. The quantitative estimate of drug-likeness (QED) is 0.607. The van der Waals surface area contributed by atoms with E-state index in [1.54, 1.807) is 17.0 Å². The minimum absolute atomic E-state index is 0.0202. The van der Waals surface area contributed by atoms with Crippen molar-refractivity contribution in [2.75, 3.05) is 26.2 Å². The van der Waals surface area contributed by atoms with Gasteiger partial charge in [0.25, 0.3) is 0 Å². The highest BCUT2D eigenvalue weighted by Crippen LogP contribution is 2.33. The average Bonchev–Trinajstić information content (AvgIpc) is 3.33. The number of piperazine rings is 1. The summed E-state index contributed by atoms with van der Waals surface area (Å²) in [5, 5.41) is 3.92. The fourth-order valence-electron chi connectivity index (χ4n) is 4.65. The molecule has 0 atom stereocenters. The van der Waals surface area contributed by atoms with Crippen LogP contribution in [0.2, 0.25) is 0 Å². The summed E-state index contributed by atoms with van der Waals surface area (Å²) >= 11 is 0. The van der Waals surface area contributed by atoms with E-state index >= 15 is 0 Å². The monoisotopic (exact) mass is 474 g/mol. The minimum atomic E-state index is -3.56. The normalized spacial score (nSPS) is 18.7. The molecule has 1 aromatic heterocycles. The summed E-state index contributed by atoms with van der Waals surface area (Å²) < 4.78 is 32.9. The molecule has 2 heterocycles. The van der Waals surface area contributed by atoms with E-state index < -0.39 is 10.0 Å². The predicted molar refractivity (Wildman–Crippen MR) is 124 cm³/mol. The number of carbonyl (C=O) groups is 1. The summed E-state index contributed by atoms with van der Waals surface area (Å²) in [6.45, 7) is 5.35. The molecule has 4 rings (SSSR count). The second kappa shape index (κ2) is 10.3. The predicted octanol–water partition coefficient (Wildman–Crippen LogP) is 3.71. The maximum absolute atomic E-state index is 13.1. The van der Waals surface area contributed by atoms with Crippen molar-refractivity contribution in [2.45, 2.75) is 75.5 Å². The van der Waals surface area contributed by atoms with Gasteiger partial charge in [-0.25, -0.2) is 8.42 Å². The van der Waals surface area contributed by atoms with E-state index in [1.807, 2.05) is 26.0 Å². The number of aryl methyl sites for hydroxylation is 1. The Bertz CT molecular complexity index is 1030. The summed E-state index contributed by atoms with van der Waals surface area (Å²) in [4.78, 5) is 19.0. The van der Waals surface area contributed by atoms with Gasteiger partial charge in [-0.1, -0.05) is 50.4 Å². The van der Waals surface area contributed by atoms with Gasteiger partial charge in [-0.15, -0.1) is 0 Å². The first-order chi connectivity index (χ1) is 15.8. The van der Waals surface area contributed by atoms with Crippen molar-refractivity contribution in [1.82, 2.24) is 19.3 Å². The zero-order chi connectivity index (χ0) is 23.4. The van der Waals surface area contributed by atoms with Crippen LogP contribution in [0, 0.1) is 0 Å². The highest BCUT2D eigenvalue weighted by Gasteiger charge is 2.30. The Hall–Kier alpha value is -2.26. The van der Waals surface area contributed by atoms with E-state index in [4.69, 9.17) is 4.52 Å². The Balaban J connectivity index is 1.29. The number of hydrogen-bond donors (Lipinski definition) is 0. The maximum Gasteiger partial charge on any atom is 0.243 e. The van der Waals surface area contributed by atoms with Crippen molar-refractivity contribution < 1.29 is 17.7 Å². The maximum atomic E-state index is 13.1. The van der Waals surface area contributed by atoms with Crippen LogP contribution < -0.4 is 0 Å². The molecule has 1 saturated heterocycles. The number of benzene rings is 1. The number of aromatic nitrogens is 2. The molecule has 0 unspecified atom stereocenters. The van der Waals surface area contributed by atoms with Crippen LogP contribution in [0.3, 0.4) is 0 Å². The molecule has 0 radical (unpaired) electrons. The summed E-state index contributed by atoms with van der Waals surface area (Å²) in [5.74, 6) is 1.81. The molecular formula is C24H34N4O4S. The Morgan fingerprint density at radius 3 is 2.33 bits per heavy atom. The summed E-state index contributed by atoms with van der Waals surface area (Å²) in [6, 6.07) is 7.44. The third-order valence-corrected chi connectivity index (χ3v) is 8.65. The Morgan fingerprint density at radius 1 is 1.06 bits per heavy atom. The fourth-order valence-corrected chi connectivity index (χ4v) is 6.07. The van der Waals surface area contributed by atoms with E-state index in [0.717, 1.165) is 0 Å². The van der Waals surface area contributed by atoms with Crippen LogP contribution >= 0.6 is 0 Å². The molecule has 180 valence electrons. The zero-order valence-electron chi connectivity index (χ0n) is 19.6. The van der Waals surface area contributed by atoms with E-state index in [0.29, 0.717) is 55.1 Å². The Kier molecular flexibility index (Phi) is 7.48. The molecule has 33 heavy (non-hydrogen) atoms. The van der Waals surface area contributed by atoms with Crippen LogP contribution in [0.15, 0.2) is 33.7 Å². The molecule has 9 heteroatoms. The van der Waals surface area contributed by atoms with Crippen molar-refractivity contribution >= 4 is 15.9 Å². The van der Waals surface area contributed by atoms with Gasteiger partial charge in [-0.05, 0) is 36.5 Å². The van der Waals surface area contributed by atoms with Gasteiger partial charge in [-0.2, -0.15) is 9.29 Å². The SMILES string of the molecule is CC(C)c1noc(CCC(=O)N2CCN(S(=O)(=O)c3ccc(C4CCCCC4)cc3)CC2)n1. The molecule has 1 amide bonds. The van der Waals surface area contributed by atoms with Crippen molar-refractivity contribution in [2.24, 2.45) is 0 Å². The van der Waals surface area contributed by atoms with E-state index in [1.165, 1.54) is 42.0 Å². The molecule has 0 bridgehead atoms. The first-order valence-corrected chi connectivity index (χ1v) is 13.5. The lowest BCUT2D eigenvalue weighted by Gasteiger charge is -2.34. The summed E-state index contributed by atoms with van der Waals surface area (Å²) in [6.07, 6.45) is 6.84. The summed E-state index contributed by atoms with van der Waals surface area (Å²) in [5.41, 5.74) is 1.24. The van der Waals surface area contributed by atoms with Gasteiger partial charge >= 0.3 is 0 Å². The standard InChI is InChI=1S/C24H34N4O4S/c1-18(2)24-25-22(32-26-24)12-13-23(29)27-14-16-28(17-15-27)33(30,31)21-10-8-20(9-11-21)19-6-4-3-5-7-19/h8-11,18-19H,3-7,12-17H2,1-2H3. The lowest BCUT2D eigenvalue weighted by atomic mass is 9.84. The first-order valence-electron chi connectivity index (χ1n) is 12.0. The lowest BCUT2D eigenvalue weighted by Crippen LogP contribution is -2.50. The van der Waals surface area contributed by atoms with Crippen LogP contribution in [0.25, 0.3) is 0 Å². The third-order valence-electron chi connectivity index (χ3n) is 6.74. The Labute approximate surface area is 196 Å². The van der Waals surface area contributed by atoms with Crippen LogP contribution in [-0.2, 0) is 21.2 Å². The number of rotatable bonds is 7. The molecule has 1 aliphatic heterocycles. The zero-order valence-corrected chi connectivity index (χ0v) is 20.4. The van der Waals surface area contributed by atoms with Crippen molar-refractivity contribution in [3.63, 3.8) is 0 Å². The van der Waals surface area contributed by atoms with Gasteiger partial charge < -0.3 is 9.42 Å². The van der Waals surface area contributed by atoms with Crippen LogP contribution in [0.5, 0.6) is 0 Å². The molecule has 2 aliphatic rings. The third kappa shape index (κ3) is 5.63. The molecule has 8 nitrogen and oxygen atoms in total. The van der Waals surface area contributed by atoms with Crippen molar-refractivity contribution in [3.05, 3.63) is 41.5 Å². The molecule has 1 aliphatic carbocycles. The van der Waals surface area contributed by atoms with Crippen molar-refractivity contribution in [1.29, 1.82) is 0 Å². The lowest BCUT2D eigenvalue weighted by molar-refractivity contribution is -0.132.